The van der Waals surface area contributed by atoms with E-state index in [4.69, 9.17) is 16.7 Å². The highest BCUT2D eigenvalue weighted by Crippen LogP contribution is 2.25. The molecule has 0 saturated carbocycles. The van der Waals surface area contributed by atoms with E-state index in [2.05, 4.69) is 0 Å². The summed E-state index contributed by atoms with van der Waals surface area (Å²) in [6, 6.07) is 4.49. The first-order valence-corrected chi connectivity index (χ1v) is 7.10. The van der Waals surface area contributed by atoms with Gasteiger partial charge in [0.05, 0.1) is 12.3 Å². The Kier molecular flexibility index (Phi) is 5.00. The third-order valence-corrected chi connectivity index (χ3v) is 3.76. The highest BCUT2D eigenvalue weighted by Gasteiger charge is 2.23. The normalized spacial score (nSPS) is 14.7. The van der Waals surface area contributed by atoms with Gasteiger partial charge in [-0.05, 0) is 23.8 Å². The predicted molar refractivity (Wildman–Crippen MR) is 82.7 cm³/mol. The predicted octanol–water partition coefficient (Wildman–Crippen LogP) is 1.47. The maximum atomic E-state index is 12.2. The smallest absolute Gasteiger partial charge is 0.202 e. The zero-order valence-electron chi connectivity index (χ0n) is 12.0. The number of allylic oxidation sites excluding steroid dienone is 3. The van der Waals surface area contributed by atoms with Crippen LogP contribution in [0.5, 0.6) is 5.75 Å². The van der Waals surface area contributed by atoms with Crippen LogP contribution in [0.4, 0.5) is 0 Å². The largest absolute Gasteiger partial charge is 0.508 e. The number of aliphatic hydroxyl groups excluding tert-OH is 1. The maximum Gasteiger partial charge on any atom is 0.202 e. The molecule has 5 nitrogen and oxygen atoms in total. The number of rotatable bonds is 5. The van der Waals surface area contributed by atoms with Crippen LogP contribution in [0.1, 0.15) is 5.56 Å². The lowest BCUT2D eigenvalue weighted by Gasteiger charge is -2.22. The van der Waals surface area contributed by atoms with Crippen molar-refractivity contribution in [2.45, 2.75) is 6.42 Å². The van der Waals surface area contributed by atoms with E-state index in [1.165, 1.54) is 24.3 Å². The molecule has 0 atom stereocenters. The first-order valence-electron chi connectivity index (χ1n) is 6.72. The van der Waals surface area contributed by atoms with Gasteiger partial charge in [0.1, 0.15) is 5.75 Å². The van der Waals surface area contributed by atoms with E-state index in [0.717, 1.165) is 0 Å². The fourth-order valence-corrected chi connectivity index (χ4v) is 2.42. The fraction of sp³-hybridized carbons (Fsp3) is 0.250. The van der Waals surface area contributed by atoms with Gasteiger partial charge in [0.2, 0.25) is 5.78 Å². The van der Waals surface area contributed by atoms with E-state index < -0.39 is 0 Å². The van der Waals surface area contributed by atoms with Gasteiger partial charge in [-0.2, -0.15) is 0 Å². The van der Waals surface area contributed by atoms with Crippen molar-refractivity contribution in [2.75, 3.05) is 20.2 Å². The van der Waals surface area contributed by atoms with Crippen LogP contribution in [0.3, 0.4) is 0 Å². The van der Waals surface area contributed by atoms with E-state index >= 15 is 0 Å². The Morgan fingerprint density at radius 1 is 1.18 bits per heavy atom. The quantitative estimate of drug-likeness (QED) is 0.803. The second-order valence-corrected chi connectivity index (χ2v) is 5.43. The van der Waals surface area contributed by atoms with Crippen molar-refractivity contribution in [1.29, 1.82) is 0 Å². The number of carbonyl (C=O) groups excluding carboxylic acids is 2. The van der Waals surface area contributed by atoms with E-state index in [0.29, 0.717) is 16.2 Å². The molecule has 6 heteroatoms. The van der Waals surface area contributed by atoms with Crippen LogP contribution in [0.15, 0.2) is 41.6 Å². The molecule has 0 unspecified atom stereocenters. The number of hydrogen-bond acceptors (Lipinski definition) is 5. The third kappa shape index (κ3) is 3.55. The van der Waals surface area contributed by atoms with Crippen molar-refractivity contribution >= 4 is 23.2 Å². The van der Waals surface area contributed by atoms with Crippen molar-refractivity contribution in [3.8, 4) is 5.75 Å². The highest BCUT2D eigenvalue weighted by molar-refractivity contribution is 6.31. The topological polar surface area (TPSA) is 77.8 Å². The third-order valence-electron chi connectivity index (χ3n) is 3.41. The van der Waals surface area contributed by atoms with Crippen LogP contribution in [0, 0.1) is 0 Å². The first-order chi connectivity index (χ1) is 10.4. The minimum Gasteiger partial charge on any atom is -0.508 e. The summed E-state index contributed by atoms with van der Waals surface area (Å²) < 4.78 is 0. The SMILES string of the molecule is CN(CCO)C1=CC(=O)C(Cc2ccc(O)cc2Cl)=CC1=O. The number of ketones is 2. The summed E-state index contributed by atoms with van der Waals surface area (Å²) in [5.41, 5.74) is 1.27. The van der Waals surface area contributed by atoms with Gasteiger partial charge >= 0.3 is 0 Å². The number of aromatic hydroxyl groups is 1. The zero-order chi connectivity index (χ0) is 16.3. The standard InChI is InChI=1S/C16H16ClNO4/c1-18(4-5-19)14-9-15(21)11(7-16(14)22)6-10-2-3-12(20)8-13(10)17/h2-3,7-9,19-20H,4-6H2,1H3. The number of halogens is 1. The van der Waals surface area contributed by atoms with Crippen LogP contribution >= 0.6 is 11.6 Å². The number of phenolic OH excluding ortho intramolecular Hbond substituents is 1. The summed E-state index contributed by atoms with van der Waals surface area (Å²) in [5, 5.41) is 18.6. The van der Waals surface area contributed by atoms with Crippen molar-refractivity contribution in [1.82, 2.24) is 4.90 Å². The van der Waals surface area contributed by atoms with Gasteiger partial charge in [-0.15, -0.1) is 0 Å². The number of nitrogens with zero attached hydrogens (tertiary/aromatic N) is 1. The van der Waals surface area contributed by atoms with Gasteiger partial charge in [0.25, 0.3) is 0 Å². The van der Waals surface area contributed by atoms with Gasteiger partial charge < -0.3 is 15.1 Å². The molecule has 0 aliphatic heterocycles. The summed E-state index contributed by atoms with van der Waals surface area (Å²) in [5.74, 6) is -0.495. The Bertz CT molecular complexity index is 679. The molecule has 1 aliphatic rings. The molecule has 0 radical (unpaired) electrons. The number of phenols is 1. The lowest BCUT2D eigenvalue weighted by atomic mass is 9.94. The van der Waals surface area contributed by atoms with Gasteiger partial charge in [-0.3, -0.25) is 9.59 Å². The molecule has 0 amide bonds. The van der Waals surface area contributed by atoms with Crippen molar-refractivity contribution < 1.29 is 19.8 Å². The maximum absolute atomic E-state index is 12.2. The van der Waals surface area contributed by atoms with Gasteiger partial charge in [0.15, 0.2) is 5.78 Å². The van der Waals surface area contributed by atoms with E-state index in [9.17, 15) is 14.7 Å². The molecule has 1 aromatic rings. The molecule has 1 aromatic carbocycles. The molecule has 0 spiro atoms. The van der Waals surface area contributed by atoms with Gasteiger partial charge in [0, 0.05) is 36.7 Å². The molecule has 2 rings (SSSR count). The number of carbonyl (C=O) groups is 2. The van der Waals surface area contributed by atoms with E-state index in [1.807, 2.05) is 0 Å². The van der Waals surface area contributed by atoms with Crippen molar-refractivity contribution in [2.24, 2.45) is 0 Å². The summed E-state index contributed by atoms with van der Waals surface area (Å²) in [7, 11) is 1.64. The minimum absolute atomic E-state index is 0.0431. The Morgan fingerprint density at radius 2 is 1.91 bits per heavy atom. The van der Waals surface area contributed by atoms with Crippen molar-refractivity contribution in [3.63, 3.8) is 0 Å². The second kappa shape index (κ2) is 6.77. The van der Waals surface area contributed by atoms with Gasteiger partial charge in [-0.1, -0.05) is 17.7 Å². The number of benzene rings is 1. The van der Waals surface area contributed by atoms with Gasteiger partial charge in [-0.25, -0.2) is 0 Å². The Morgan fingerprint density at radius 3 is 2.55 bits per heavy atom. The molecule has 22 heavy (non-hydrogen) atoms. The molecule has 0 heterocycles. The average molecular weight is 322 g/mol. The monoisotopic (exact) mass is 321 g/mol. The molecule has 116 valence electrons. The first kappa shape index (κ1) is 16.3. The molecule has 0 fully saturated rings. The molecular formula is C16H16ClNO4. The van der Waals surface area contributed by atoms with Crippen LogP contribution in [0.25, 0.3) is 0 Å². The summed E-state index contributed by atoms with van der Waals surface area (Å²) >= 11 is 6.02. The summed E-state index contributed by atoms with van der Waals surface area (Å²) in [4.78, 5) is 25.8. The Hall–Kier alpha value is -2.11. The van der Waals surface area contributed by atoms with Crippen LogP contribution < -0.4 is 0 Å². The number of aliphatic hydroxyl groups is 1. The highest BCUT2D eigenvalue weighted by atomic mass is 35.5. The molecule has 0 saturated heterocycles. The molecular weight excluding hydrogens is 306 g/mol. The molecule has 2 N–H and O–H groups in total. The summed E-state index contributed by atoms with van der Waals surface area (Å²) in [6.45, 7) is 0.173. The number of likely N-dealkylation sites (N-methyl/N-ethyl adjacent to an activating group) is 1. The Balaban J connectivity index is 2.19. The summed E-state index contributed by atoms with van der Waals surface area (Å²) in [6.07, 6.45) is 2.80. The average Bonchev–Trinajstić information content (AvgIpc) is 2.45. The zero-order valence-corrected chi connectivity index (χ0v) is 12.8. The van der Waals surface area contributed by atoms with Crippen LogP contribution in [0.2, 0.25) is 5.02 Å². The van der Waals surface area contributed by atoms with Crippen LogP contribution in [-0.4, -0.2) is 46.9 Å². The van der Waals surface area contributed by atoms with E-state index in [1.54, 1.807) is 18.0 Å². The minimum atomic E-state index is -0.277. The van der Waals surface area contributed by atoms with Crippen LogP contribution in [-0.2, 0) is 16.0 Å². The number of hydrogen-bond donors (Lipinski definition) is 2. The molecule has 0 aromatic heterocycles. The Labute approximate surface area is 133 Å². The van der Waals surface area contributed by atoms with E-state index in [-0.39, 0.29) is 42.6 Å². The lowest BCUT2D eigenvalue weighted by Crippen LogP contribution is -2.29. The van der Waals surface area contributed by atoms with Crippen molar-refractivity contribution in [3.05, 3.63) is 52.2 Å². The fourth-order valence-electron chi connectivity index (χ4n) is 2.18. The molecule has 0 bridgehead atoms. The second-order valence-electron chi connectivity index (χ2n) is 5.03. The molecule has 1 aliphatic carbocycles. The lowest BCUT2D eigenvalue weighted by molar-refractivity contribution is -0.116.